The minimum Gasteiger partial charge on any atom is -0.338 e. The largest absolute Gasteiger partial charge is 0.338 e. The Hall–Kier alpha value is -0.830. The van der Waals surface area contributed by atoms with Crippen LogP contribution in [0.25, 0.3) is 0 Å². The Bertz CT molecular complexity index is 362. The van der Waals surface area contributed by atoms with E-state index >= 15 is 0 Å². The van der Waals surface area contributed by atoms with Crippen molar-refractivity contribution in [1.29, 1.82) is 0 Å². The fraction of sp³-hybridized carbons (Fsp3) is 0.786. The second-order valence-corrected chi connectivity index (χ2v) is 6.28. The molecule has 0 bridgehead atoms. The summed E-state index contributed by atoms with van der Waals surface area (Å²) in [6.45, 7) is 9.42. The molecule has 0 amide bonds. The van der Waals surface area contributed by atoms with Crippen LogP contribution in [0.5, 0.6) is 0 Å². The van der Waals surface area contributed by atoms with Crippen LogP contribution in [0.4, 0.5) is 0 Å². The average Bonchev–Trinajstić information content (AvgIpc) is 2.64. The summed E-state index contributed by atoms with van der Waals surface area (Å²) in [6, 6.07) is 0. The molecule has 0 aliphatic carbocycles. The van der Waals surface area contributed by atoms with Crippen molar-refractivity contribution >= 4 is 0 Å². The van der Waals surface area contributed by atoms with Crippen LogP contribution in [-0.4, -0.2) is 33.1 Å². The molecule has 1 saturated heterocycles. The summed E-state index contributed by atoms with van der Waals surface area (Å²) in [5, 5.41) is 0. The highest BCUT2D eigenvalue weighted by Gasteiger charge is 2.28. The molecule has 1 aliphatic heterocycles. The normalized spacial score (nSPS) is 22.9. The minimum absolute atomic E-state index is 0.306. The fourth-order valence-corrected chi connectivity index (χ4v) is 2.69. The Morgan fingerprint density at radius 2 is 2.18 bits per heavy atom. The van der Waals surface area contributed by atoms with E-state index in [1.165, 1.54) is 31.8 Å². The van der Waals surface area contributed by atoms with Crippen LogP contribution in [-0.2, 0) is 13.5 Å². The van der Waals surface area contributed by atoms with Gasteiger partial charge < -0.3 is 4.57 Å². The maximum Gasteiger partial charge on any atom is 0.108 e. The summed E-state index contributed by atoms with van der Waals surface area (Å²) in [4.78, 5) is 7.06. The van der Waals surface area contributed by atoms with E-state index in [-0.39, 0.29) is 0 Å². The number of aromatic nitrogens is 2. The van der Waals surface area contributed by atoms with Gasteiger partial charge in [0.2, 0.25) is 0 Å². The van der Waals surface area contributed by atoms with Gasteiger partial charge in [-0.1, -0.05) is 0 Å². The van der Waals surface area contributed by atoms with Crippen LogP contribution in [0.1, 0.15) is 39.4 Å². The zero-order valence-corrected chi connectivity index (χ0v) is 11.6. The molecule has 0 saturated carbocycles. The first-order valence-electron chi connectivity index (χ1n) is 6.68. The molecule has 17 heavy (non-hydrogen) atoms. The highest BCUT2D eigenvalue weighted by Crippen LogP contribution is 2.25. The van der Waals surface area contributed by atoms with E-state index in [1.807, 2.05) is 12.4 Å². The van der Waals surface area contributed by atoms with Gasteiger partial charge in [-0.2, -0.15) is 0 Å². The Morgan fingerprint density at radius 1 is 1.41 bits per heavy atom. The van der Waals surface area contributed by atoms with E-state index in [4.69, 9.17) is 0 Å². The van der Waals surface area contributed by atoms with Gasteiger partial charge in [0, 0.05) is 37.9 Å². The van der Waals surface area contributed by atoms with E-state index in [2.05, 4.69) is 42.3 Å². The van der Waals surface area contributed by atoms with Crippen molar-refractivity contribution in [3.8, 4) is 0 Å². The third kappa shape index (κ3) is 3.09. The van der Waals surface area contributed by atoms with Crippen molar-refractivity contribution in [3.05, 3.63) is 18.2 Å². The number of rotatable bonds is 2. The monoisotopic (exact) mass is 235 g/mol. The summed E-state index contributed by atoms with van der Waals surface area (Å²) in [7, 11) is 2.09. The molecule has 0 spiro atoms. The molecule has 1 aromatic rings. The Balaban J connectivity index is 1.96. The van der Waals surface area contributed by atoms with Crippen LogP contribution in [0.2, 0.25) is 0 Å². The van der Waals surface area contributed by atoms with Crippen LogP contribution in [0, 0.1) is 5.92 Å². The first-order valence-corrected chi connectivity index (χ1v) is 6.68. The maximum atomic E-state index is 4.44. The van der Waals surface area contributed by atoms with Gasteiger partial charge in [-0.25, -0.2) is 4.98 Å². The zero-order chi connectivity index (χ0) is 12.5. The maximum absolute atomic E-state index is 4.44. The molecule has 1 aliphatic rings. The Labute approximate surface area is 105 Å². The van der Waals surface area contributed by atoms with Gasteiger partial charge in [0.15, 0.2) is 0 Å². The standard InChI is InChI=1S/C14H25N3/c1-14(2,3)17-8-5-6-12(11-17)10-13-15-7-9-16(13)4/h7,9,12H,5-6,8,10-11H2,1-4H3. The smallest absolute Gasteiger partial charge is 0.108 e. The SMILES string of the molecule is Cn1ccnc1CC1CCCN(C(C)(C)C)C1. The number of piperidine rings is 1. The number of likely N-dealkylation sites (tertiary alicyclic amines) is 1. The molecular formula is C14H25N3. The molecule has 1 aromatic heterocycles. The van der Waals surface area contributed by atoms with Crippen molar-refractivity contribution in [2.75, 3.05) is 13.1 Å². The summed E-state index contributed by atoms with van der Waals surface area (Å²) < 4.78 is 2.15. The topological polar surface area (TPSA) is 21.1 Å². The first kappa shape index (κ1) is 12.6. The summed E-state index contributed by atoms with van der Waals surface area (Å²) in [5.74, 6) is 2.00. The molecule has 0 N–H and O–H groups in total. The van der Waals surface area contributed by atoms with Gasteiger partial charge in [-0.15, -0.1) is 0 Å². The van der Waals surface area contributed by atoms with Crippen molar-refractivity contribution in [1.82, 2.24) is 14.5 Å². The quantitative estimate of drug-likeness (QED) is 0.785. The number of aryl methyl sites for hydroxylation is 1. The third-order valence-corrected chi connectivity index (χ3v) is 3.86. The van der Waals surface area contributed by atoms with E-state index in [1.54, 1.807) is 0 Å². The second-order valence-electron chi connectivity index (χ2n) is 6.28. The molecule has 2 rings (SSSR count). The lowest BCUT2D eigenvalue weighted by molar-refractivity contribution is 0.0782. The molecule has 1 atom stereocenters. The molecule has 0 radical (unpaired) electrons. The number of hydrogen-bond donors (Lipinski definition) is 0. The van der Waals surface area contributed by atoms with Gasteiger partial charge in [0.1, 0.15) is 5.82 Å². The van der Waals surface area contributed by atoms with Gasteiger partial charge in [-0.3, -0.25) is 4.90 Å². The molecule has 3 heteroatoms. The second kappa shape index (κ2) is 4.81. The number of imidazole rings is 1. The van der Waals surface area contributed by atoms with E-state index in [9.17, 15) is 0 Å². The first-order chi connectivity index (χ1) is 7.97. The van der Waals surface area contributed by atoms with Crippen molar-refractivity contribution in [2.24, 2.45) is 13.0 Å². The van der Waals surface area contributed by atoms with Crippen molar-refractivity contribution < 1.29 is 0 Å². The van der Waals surface area contributed by atoms with Crippen LogP contribution < -0.4 is 0 Å². The highest BCUT2D eigenvalue weighted by atomic mass is 15.2. The van der Waals surface area contributed by atoms with E-state index in [0.29, 0.717) is 5.54 Å². The van der Waals surface area contributed by atoms with Crippen molar-refractivity contribution in [2.45, 2.75) is 45.6 Å². The number of nitrogens with zero attached hydrogens (tertiary/aromatic N) is 3. The summed E-state index contributed by atoms with van der Waals surface area (Å²) in [5.41, 5.74) is 0.306. The predicted octanol–water partition coefficient (Wildman–Crippen LogP) is 2.47. The zero-order valence-electron chi connectivity index (χ0n) is 11.6. The fourth-order valence-electron chi connectivity index (χ4n) is 2.69. The van der Waals surface area contributed by atoms with Crippen molar-refractivity contribution in [3.63, 3.8) is 0 Å². The molecule has 1 unspecified atom stereocenters. The van der Waals surface area contributed by atoms with Crippen LogP contribution in [0.15, 0.2) is 12.4 Å². The summed E-state index contributed by atoms with van der Waals surface area (Å²) >= 11 is 0. The third-order valence-electron chi connectivity index (χ3n) is 3.86. The van der Waals surface area contributed by atoms with Gasteiger partial charge in [0.25, 0.3) is 0 Å². The molecule has 96 valence electrons. The highest BCUT2D eigenvalue weighted by molar-refractivity contribution is 4.95. The molecular weight excluding hydrogens is 210 g/mol. The lowest BCUT2D eigenvalue weighted by Gasteiger charge is -2.41. The van der Waals surface area contributed by atoms with Crippen LogP contribution in [0.3, 0.4) is 0 Å². The number of hydrogen-bond acceptors (Lipinski definition) is 2. The van der Waals surface area contributed by atoms with Crippen LogP contribution >= 0.6 is 0 Å². The van der Waals surface area contributed by atoms with E-state index < -0.39 is 0 Å². The lowest BCUT2D eigenvalue weighted by atomic mass is 9.91. The Kier molecular flexibility index (Phi) is 3.57. The molecule has 2 heterocycles. The predicted molar refractivity (Wildman–Crippen MR) is 71.0 cm³/mol. The molecule has 1 fully saturated rings. The minimum atomic E-state index is 0.306. The van der Waals surface area contributed by atoms with Gasteiger partial charge in [-0.05, 0) is 46.1 Å². The van der Waals surface area contributed by atoms with Gasteiger partial charge in [0.05, 0.1) is 0 Å². The summed E-state index contributed by atoms with van der Waals surface area (Å²) in [6.07, 6.45) is 7.74. The lowest BCUT2D eigenvalue weighted by Crippen LogP contribution is -2.47. The molecule has 3 nitrogen and oxygen atoms in total. The van der Waals surface area contributed by atoms with Gasteiger partial charge >= 0.3 is 0 Å². The Morgan fingerprint density at radius 3 is 2.76 bits per heavy atom. The molecule has 0 aromatic carbocycles. The average molecular weight is 235 g/mol. The van der Waals surface area contributed by atoms with E-state index in [0.717, 1.165) is 12.3 Å².